The van der Waals surface area contributed by atoms with Crippen molar-refractivity contribution in [1.82, 2.24) is 14.5 Å². The van der Waals surface area contributed by atoms with Crippen LogP contribution in [0.3, 0.4) is 0 Å². The molecule has 8 nitrogen and oxygen atoms in total. The van der Waals surface area contributed by atoms with Gasteiger partial charge in [-0.15, -0.1) is 0 Å². The molecule has 0 unspecified atom stereocenters. The fraction of sp³-hybridized carbons (Fsp3) is 0.556. The number of aryl methyl sites for hydroxylation is 1. The zero-order valence-electron chi connectivity index (χ0n) is 21.8. The van der Waals surface area contributed by atoms with Crippen LogP contribution in [0.2, 0.25) is 0 Å². The Bertz CT molecular complexity index is 1170. The highest BCUT2D eigenvalue weighted by Gasteiger charge is 2.57. The Balaban J connectivity index is 1.52. The third kappa shape index (κ3) is 6.95. The summed E-state index contributed by atoms with van der Waals surface area (Å²) in [5, 5.41) is 12.6. The minimum Gasteiger partial charge on any atom is -0.404 e. The van der Waals surface area contributed by atoms with Crippen LogP contribution in [0.25, 0.3) is 5.70 Å². The average molecular weight is 564 g/mol. The van der Waals surface area contributed by atoms with E-state index in [9.17, 15) is 18.0 Å². The molecule has 2 fully saturated rings. The number of rotatable bonds is 6. The summed E-state index contributed by atoms with van der Waals surface area (Å²) in [6.45, 7) is 0.659. The number of carbonyl (C=O) groups excluding carboxylic acids is 1. The molecule has 0 radical (unpaired) electrons. The monoisotopic (exact) mass is 563 g/mol. The number of amidine groups is 1. The number of nitrogens with two attached hydrogens (primary N) is 2. The number of fused-ring (bicyclic) bond motifs is 9. The van der Waals surface area contributed by atoms with E-state index in [1.807, 2.05) is 12.3 Å². The highest BCUT2D eigenvalue weighted by atomic mass is 32.2. The van der Waals surface area contributed by atoms with Gasteiger partial charge in [0.2, 0.25) is 0 Å². The Hall–Kier alpha value is -3.02. The van der Waals surface area contributed by atoms with E-state index in [1.165, 1.54) is 12.3 Å². The lowest BCUT2D eigenvalue weighted by molar-refractivity contribution is -0.253. The molecule has 0 aromatic carbocycles. The minimum absolute atomic E-state index is 0.00149. The van der Waals surface area contributed by atoms with Crippen molar-refractivity contribution in [2.45, 2.75) is 70.4 Å². The van der Waals surface area contributed by atoms with Gasteiger partial charge in [0.15, 0.2) is 0 Å². The lowest BCUT2D eigenvalue weighted by Crippen LogP contribution is -2.43. The summed E-state index contributed by atoms with van der Waals surface area (Å²) < 4.78 is 44.9. The first kappa shape index (κ1) is 29.0. The number of aromatic nitrogens is 2. The molecule has 3 heterocycles. The first-order valence-corrected chi connectivity index (χ1v) is 14.2. The minimum atomic E-state index is -4.15. The van der Waals surface area contributed by atoms with E-state index in [2.05, 4.69) is 14.8 Å². The molecule has 12 heteroatoms. The van der Waals surface area contributed by atoms with E-state index in [1.54, 1.807) is 17.0 Å². The number of hydrogen-bond donors (Lipinski definition) is 4. The SMILES string of the molecule is N=C(N)/C1=C\C=C(n2ccc(CCCC3(C(F)(F)F)CCC3)n2)C2CC(CCCN=CC(=CN)SNC1=O)C2. The number of carbonyl (C=O) groups is 1. The summed E-state index contributed by atoms with van der Waals surface area (Å²) >= 11 is 0.998. The molecule has 2 bridgehead atoms. The number of allylic oxidation sites excluding steroid dienone is 4. The summed E-state index contributed by atoms with van der Waals surface area (Å²) in [7, 11) is 0. The smallest absolute Gasteiger partial charge is 0.394 e. The van der Waals surface area contributed by atoms with Crippen LogP contribution < -0.4 is 16.2 Å². The highest BCUT2D eigenvalue weighted by Crippen LogP contribution is 2.56. The second-order valence-electron chi connectivity index (χ2n) is 10.6. The van der Waals surface area contributed by atoms with E-state index in [-0.39, 0.29) is 36.6 Å². The average Bonchev–Trinajstić information content (AvgIpc) is 3.28. The van der Waals surface area contributed by atoms with Gasteiger partial charge in [0.25, 0.3) is 5.91 Å². The third-order valence-corrected chi connectivity index (χ3v) is 8.83. The van der Waals surface area contributed by atoms with Gasteiger partial charge in [0.05, 0.1) is 21.6 Å². The van der Waals surface area contributed by atoms with Crippen molar-refractivity contribution < 1.29 is 18.0 Å². The van der Waals surface area contributed by atoms with Crippen molar-refractivity contribution in [3.63, 3.8) is 0 Å². The molecule has 0 saturated heterocycles. The number of amides is 1. The Kier molecular flexibility index (Phi) is 9.24. The third-order valence-electron chi connectivity index (χ3n) is 8.06. The molecule has 2 aliphatic carbocycles. The van der Waals surface area contributed by atoms with Crippen LogP contribution in [0.5, 0.6) is 0 Å². The lowest BCUT2D eigenvalue weighted by atomic mass is 9.65. The molecular formula is C27H36F3N7OS. The van der Waals surface area contributed by atoms with Crippen molar-refractivity contribution in [2.24, 2.45) is 33.7 Å². The van der Waals surface area contributed by atoms with Gasteiger partial charge in [-0.1, -0.05) is 6.42 Å². The molecule has 39 heavy (non-hydrogen) atoms. The fourth-order valence-corrected chi connectivity index (χ4v) is 6.00. The van der Waals surface area contributed by atoms with Crippen LogP contribution in [-0.2, 0) is 11.2 Å². The molecule has 1 aromatic rings. The molecule has 2 aliphatic heterocycles. The summed E-state index contributed by atoms with van der Waals surface area (Å²) in [5.41, 5.74) is 11.4. The van der Waals surface area contributed by atoms with Gasteiger partial charge in [-0.3, -0.25) is 19.9 Å². The van der Waals surface area contributed by atoms with Gasteiger partial charge in [-0.2, -0.15) is 18.3 Å². The maximum absolute atomic E-state index is 13.5. The second kappa shape index (κ2) is 12.4. The standard InChI is InChI=1S/C27H36F3N7OS/c28-27(29,30)26(10-3-11-26)9-1-5-20-8-13-37(35-20)23-7-6-22(24(32)33)25(38)36-39-21(16-31)17-34-12-2-4-18-14-19(23)15-18/h6-8,13,16-19H,1-5,9-12,14-15,31H2,(H3,32,33)(H,36,38)/b21-16?,22-6+,23-7?,34-17?. The molecule has 0 atom stereocenters. The molecule has 1 aromatic heterocycles. The molecule has 6 N–H and O–H groups in total. The highest BCUT2D eigenvalue weighted by molar-refractivity contribution is 8.02. The van der Waals surface area contributed by atoms with Gasteiger partial charge in [0.1, 0.15) is 5.84 Å². The van der Waals surface area contributed by atoms with Crippen LogP contribution in [0.1, 0.15) is 63.5 Å². The van der Waals surface area contributed by atoms with Crippen molar-refractivity contribution in [3.8, 4) is 0 Å². The Morgan fingerprint density at radius 2 is 2.05 bits per heavy atom. The Labute approximate surface area is 230 Å². The van der Waals surface area contributed by atoms with E-state index in [4.69, 9.17) is 16.9 Å². The van der Waals surface area contributed by atoms with Crippen molar-refractivity contribution >= 4 is 35.6 Å². The number of aliphatic imine (C=N–C) groups is 1. The molecule has 212 valence electrons. The maximum atomic E-state index is 13.5. The topological polar surface area (TPSA) is 135 Å². The van der Waals surface area contributed by atoms with E-state index in [0.717, 1.165) is 49.0 Å². The maximum Gasteiger partial charge on any atom is 0.394 e. The number of nitrogens with one attached hydrogen (secondary N) is 2. The Morgan fingerprint density at radius 3 is 2.69 bits per heavy atom. The van der Waals surface area contributed by atoms with Crippen LogP contribution in [0.4, 0.5) is 13.2 Å². The molecule has 5 rings (SSSR count). The Morgan fingerprint density at radius 1 is 1.28 bits per heavy atom. The summed E-state index contributed by atoms with van der Waals surface area (Å²) in [6, 6.07) is 1.84. The lowest BCUT2D eigenvalue weighted by Gasteiger charge is -2.43. The zero-order chi connectivity index (χ0) is 28.0. The predicted molar refractivity (Wildman–Crippen MR) is 149 cm³/mol. The van der Waals surface area contributed by atoms with Gasteiger partial charge in [-0.05, 0) is 93.9 Å². The van der Waals surface area contributed by atoms with Crippen LogP contribution in [0.15, 0.2) is 46.1 Å². The van der Waals surface area contributed by atoms with Crippen LogP contribution in [0, 0.1) is 22.7 Å². The fourth-order valence-electron chi connectivity index (χ4n) is 5.48. The van der Waals surface area contributed by atoms with Gasteiger partial charge in [-0.25, -0.2) is 4.68 Å². The predicted octanol–water partition coefficient (Wildman–Crippen LogP) is 5.10. The summed E-state index contributed by atoms with van der Waals surface area (Å²) in [6.07, 6.45) is 9.94. The summed E-state index contributed by atoms with van der Waals surface area (Å²) in [5.74, 6) is -0.156. The normalized spacial score (nSPS) is 26.5. The van der Waals surface area contributed by atoms with Crippen molar-refractivity contribution in [1.29, 1.82) is 5.41 Å². The molecule has 4 aliphatic rings. The van der Waals surface area contributed by atoms with Gasteiger partial charge in [0, 0.05) is 36.8 Å². The number of hydrogen-bond acceptors (Lipinski definition) is 6. The van der Waals surface area contributed by atoms with Crippen molar-refractivity contribution in [3.05, 3.63) is 46.8 Å². The number of halogens is 3. The molecule has 2 saturated carbocycles. The molecule has 1 amide bonds. The second-order valence-corrected chi connectivity index (χ2v) is 11.5. The molecular weight excluding hydrogens is 527 g/mol. The zero-order valence-corrected chi connectivity index (χ0v) is 22.7. The van der Waals surface area contributed by atoms with Gasteiger partial charge < -0.3 is 11.5 Å². The number of nitrogens with zero attached hydrogens (tertiary/aromatic N) is 3. The van der Waals surface area contributed by atoms with E-state index < -0.39 is 17.5 Å². The van der Waals surface area contributed by atoms with Crippen LogP contribution in [-0.4, -0.2) is 40.5 Å². The van der Waals surface area contributed by atoms with E-state index >= 15 is 0 Å². The van der Waals surface area contributed by atoms with Crippen molar-refractivity contribution in [2.75, 3.05) is 6.54 Å². The first-order valence-electron chi connectivity index (χ1n) is 13.4. The number of alkyl halides is 3. The van der Waals surface area contributed by atoms with E-state index in [0.29, 0.717) is 36.6 Å². The first-order chi connectivity index (χ1) is 18.6. The van der Waals surface area contributed by atoms with Crippen LogP contribution >= 0.6 is 11.9 Å². The molecule has 0 spiro atoms. The largest absolute Gasteiger partial charge is 0.404 e. The quantitative estimate of drug-likeness (QED) is 0.217. The van der Waals surface area contributed by atoms with Gasteiger partial charge >= 0.3 is 6.18 Å². The summed E-state index contributed by atoms with van der Waals surface area (Å²) in [4.78, 5) is 17.7.